The van der Waals surface area contributed by atoms with Crippen molar-refractivity contribution < 1.29 is 9.59 Å². The van der Waals surface area contributed by atoms with Crippen molar-refractivity contribution in [2.75, 3.05) is 6.54 Å². The molecule has 32 heavy (non-hydrogen) atoms. The average molecular weight is 444 g/mol. The fourth-order valence-corrected chi connectivity index (χ4v) is 3.50. The molecule has 0 fully saturated rings. The van der Waals surface area contributed by atoms with Crippen molar-refractivity contribution in [3.63, 3.8) is 0 Å². The van der Waals surface area contributed by atoms with Crippen LogP contribution in [-0.4, -0.2) is 23.3 Å². The lowest BCUT2D eigenvalue weighted by atomic mass is 10.1. The highest BCUT2D eigenvalue weighted by atomic mass is 35.5. The van der Waals surface area contributed by atoms with Gasteiger partial charge in [-0.15, -0.1) is 0 Å². The monoisotopic (exact) mass is 443 g/mol. The second-order valence-electron chi connectivity index (χ2n) is 7.30. The van der Waals surface area contributed by atoms with Crippen LogP contribution in [0.5, 0.6) is 0 Å². The first kappa shape index (κ1) is 21.4. The number of nitrogens with one attached hydrogen (secondary N) is 3. The van der Waals surface area contributed by atoms with E-state index in [0.29, 0.717) is 23.6 Å². The molecule has 5 nitrogen and oxygen atoms in total. The van der Waals surface area contributed by atoms with Gasteiger partial charge in [0.2, 0.25) is 0 Å². The van der Waals surface area contributed by atoms with Crippen molar-refractivity contribution in [1.29, 1.82) is 0 Å². The van der Waals surface area contributed by atoms with E-state index in [-0.39, 0.29) is 17.5 Å². The lowest BCUT2D eigenvalue weighted by Crippen LogP contribution is -2.35. The van der Waals surface area contributed by atoms with E-state index in [1.54, 1.807) is 30.3 Å². The average Bonchev–Trinajstić information content (AvgIpc) is 3.23. The molecule has 3 aromatic carbocycles. The predicted molar refractivity (Wildman–Crippen MR) is 128 cm³/mol. The van der Waals surface area contributed by atoms with Crippen LogP contribution >= 0.6 is 11.6 Å². The summed E-state index contributed by atoms with van der Waals surface area (Å²) in [5, 5.41) is 7.31. The zero-order chi connectivity index (χ0) is 22.3. The van der Waals surface area contributed by atoms with Gasteiger partial charge in [0, 0.05) is 39.8 Å². The summed E-state index contributed by atoms with van der Waals surface area (Å²) >= 11 is 5.93. The minimum Gasteiger partial charge on any atom is -0.361 e. The van der Waals surface area contributed by atoms with Gasteiger partial charge in [-0.25, -0.2) is 0 Å². The maximum absolute atomic E-state index is 13.0. The maximum Gasteiger partial charge on any atom is 0.267 e. The predicted octanol–water partition coefficient (Wildman–Crippen LogP) is 4.95. The van der Waals surface area contributed by atoms with Crippen LogP contribution in [0.15, 0.2) is 90.8 Å². The summed E-state index contributed by atoms with van der Waals surface area (Å²) < 4.78 is 0. The Kier molecular flexibility index (Phi) is 6.68. The first-order valence-corrected chi connectivity index (χ1v) is 10.6. The number of aromatic nitrogens is 1. The molecule has 0 aliphatic rings. The van der Waals surface area contributed by atoms with Gasteiger partial charge in [-0.1, -0.05) is 60.1 Å². The highest BCUT2D eigenvalue weighted by Crippen LogP contribution is 2.20. The van der Waals surface area contributed by atoms with Crippen LogP contribution in [0.2, 0.25) is 5.02 Å². The van der Waals surface area contributed by atoms with Crippen molar-refractivity contribution in [1.82, 2.24) is 15.6 Å². The Morgan fingerprint density at radius 2 is 1.62 bits per heavy atom. The van der Waals surface area contributed by atoms with Gasteiger partial charge in [0.15, 0.2) is 0 Å². The minimum atomic E-state index is -0.353. The van der Waals surface area contributed by atoms with E-state index in [2.05, 4.69) is 15.6 Å². The van der Waals surface area contributed by atoms with Crippen LogP contribution in [0.3, 0.4) is 0 Å². The summed E-state index contributed by atoms with van der Waals surface area (Å²) in [4.78, 5) is 28.9. The third-order valence-electron chi connectivity index (χ3n) is 5.06. The Morgan fingerprint density at radius 1 is 0.906 bits per heavy atom. The van der Waals surface area contributed by atoms with E-state index < -0.39 is 0 Å². The van der Waals surface area contributed by atoms with E-state index in [4.69, 9.17) is 11.6 Å². The number of hydrogen-bond donors (Lipinski definition) is 3. The summed E-state index contributed by atoms with van der Waals surface area (Å²) in [5.41, 5.74) is 3.49. The Bertz CT molecular complexity index is 1260. The maximum atomic E-state index is 13.0. The molecule has 1 heterocycles. The van der Waals surface area contributed by atoms with Crippen molar-refractivity contribution in [2.45, 2.75) is 6.42 Å². The number of benzene rings is 3. The summed E-state index contributed by atoms with van der Waals surface area (Å²) in [5.74, 6) is -0.696. The molecular formula is C26H22ClN3O2. The number of H-pyrrole nitrogens is 1. The number of para-hydroxylation sites is 1. The molecule has 2 amide bonds. The summed E-state index contributed by atoms with van der Waals surface area (Å²) in [7, 11) is 0. The van der Waals surface area contributed by atoms with Gasteiger partial charge in [0.1, 0.15) is 5.70 Å². The molecule has 6 heteroatoms. The molecule has 0 unspecified atom stereocenters. The van der Waals surface area contributed by atoms with Crippen LogP contribution in [-0.2, 0) is 11.2 Å². The third kappa shape index (κ3) is 5.25. The molecule has 0 aliphatic heterocycles. The second kappa shape index (κ2) is 9.98. The number of halogens is 1. The molecule has 0 bridgehead atoms. The van der Waals surface area contributed by atoms with E-state index in [9.17, 15) is 9.59 Å². The smallest absolute Gasteiger partial charge is 0.267 e. The molecule has 1 aromatic heterocycles. The molecule has 4 rings (SSSR count). The van der Waals surface area contributed by atoms with Gasteiger partial charge in [-0.05, 0) is 48.4 Å². The Hall–Kier alpha value is -3.83. The number of aromatic amines is 1. The van der Waals surface area contributed by atoms with Gasteiger partial charge in [-0.2, -0.15) is 0 Å². The molecular weight excluding hydrogens is 422 g/mol. The van der Waals surface area contributed by atoms with E-state index >= 15 is 0 Å². The van der Waals surface area contributed by atoms with E-state index in [1.807, 2.05) is 60.8 Å². The Labute approximate surface area is 191 Å². The fraction of sp³-hybridized carbons (Fsp3) is 0.0769. The summed E-state index contributed by atoms with van der Waals surface area (Å²) in [6.45, 7) is 0.424. The highest BCUT2D eigenvalue weighted by molar-refractivity contribution is 6.30. The first-order valence-electron chi connectivity index (χ1n) is 10.3. The zero-order valence-electron chi connectivity index (χ0n) is 17.3. The van der Waals surface area contributed by atoms with Crippen molar-refractivity contribution >= 4 is 40.4 Å². The molecule has 3 N–H and O–H groups in total. The largest absolute Gasteiger partial charge is 0.361 e. The van der Waals surface area contributed by atoms with Crippen LogP contribution in [0, 0.1) is 0 Å². The number of rotatable bonds is 7. The van der Waals surface area contributed by atoms with E-state index in [1.165, 1.54) is 0 Å². The normalized spacial score (nSPS) is 11.3. The molecule has 0 saturated carbocycles. The lowest BCUT2D eigenvalue weighted by Gasteiger charge is -2.11. The summed E-state index contributed by atoms with van der Waals surface area (Å²) in [6, 6.07) is 24.1. The Morgan fingerprint density at radius 3 is 2.41 bits per heavy atom. The van der Waals surface area contributed by atoms with Gasteiger partial charge in [0.25, 0.3) is 11.8 Å². The number of fused-ring (bicyclic) bond motifs is 1. The van der Waals surface area contributed by atoms with Gasteiger partial charge >= 0.3 is 0 Å². The van der Waals surface area contributed by atoms with Crippen LogP contribution in [0.4, 0.5) is 0 Å². The second-order valence-corrected chi connectivity index (χ2v) is 7.74. The number of hydrogen-bond acceptors (Lipinski definition) is 2. The molecule has 0 aliphatic carbocycles. The molecule has 0 saturated heterocycles. The van der Waals surface area contributed by atoms with Crippen LogP contribution in [0.1, 0.15) is 21.5 Å². The van der Waals surface area contributed by atoms with Crippen LogP contribution < -0.4 is 10.6 Å². The quantitative estimate of drug-likeness (QED) is 0.353. The van der Waals surface area contributed by atoms with Crippen molar-refractivity contribution in [2.24, 2.45) is 0 Å². The number of carbonyl (C=O) groups is 2. The van der Waals surface area contributed by atoms with E-state index in [0.717, 1.165) is 22.0 Å². The number of carbonyl (C=O) groups excluding carboxylic acids is 2. The molecule has 0 atom stereocenters. The first-order chi connectivity index (χ1) is 15.6. The molecule has 0 spiro atoms. The molecule has 0 radical (unpaired) electrons. The van der Waals surface area contributed by atoms with Crippen LogP contribution in [0.25, 0.3) is 17.0 Å². The van der Waals surface area contributed by atoms with Crippen molar-refractivity contribution in [3.05, 3.63) is 112 Å². The zero-order valence-corrected chi connectivity index (χ0v) is 18.0. The topological polar surface area (TPSA) is 74.0 Å². The standard InChI is InChI=1S/C26H22ClN3O2/c27-21-12-10-18(11-13-21)14-15-28-26(32)24(30-25(31)19-6-2-1-3-7-19)16-20-17-29-23-9-5-4-8-22(20)23/h1-13,16-17,29H,14-15H2,(H,28,32)(H,30,31)/b24-16+. The van der Waals surface area contributed by atoms with Gasteiger partial charge in [0.05, 0.1) is 0 Å². The van der Waals surface area contributed by atoms with Gasteiger partial charge < -0.3 is 15.6 Å². The fourth-order valence-electron chi connectivity index (χ4n) is 3.38. The summed E-state index contributed by atoms with van der Waals surface area (Å²) in [6.07, 6.45) is 4.16. The molecule has 4 aromatic rings. The van der Waals surface area contributed by atoms with Gasteiger partial charge in [-0.3, -0.25) is 9.59 Å². The third-order valence-corrected chi connectivity index (χ3v) is 5.31. The highest BCUT2D eigenvalue weighted by Gasteiger charge is 2.15. The molecule has 160 valence electrons. The Balaban J connectivity index is 1.54. The lowest BCUT2D eigenvalue weighted by molar-refractivity contribution is -0.117. The number of amides is 2. The van der Waals surface area contributed by atoms with Crippen molar-refractivity contribution in [3.8, 4) is 0 Å². The minimum absolute atomic E-state index is 0.180. The SMILES string of the molecule is O=C(NCCc1ccc(Cl)cc1)/C(=C\c1c[nH]c2ccccc12)NC(=O)c1ccccc1.